The van der Waals surface area contributed by atoms with Gasteiger partial charge in [-0.15, -0.1) is 11.3 Å². The summed E-state index contributed by atoms with van der Waals surface area (Å²) in [5, 5.41) is 12.4. The van der Waals surface area contributed by atoms with Gasteiger partial charge in [0.05, 0.1) is 11.0 Å². The third kappa shape index (κ3) is 3.04. The number of imidazole rings is 2. The number of hydrogen-bond donors (Lipinski definition) is 2. The van der Waals surface area contributed by atoms with E-state index in [9.17, 15) is 9.90 Å². The van der Waals surface area contributed by atoms with Crippen molar-refractivity contribution in [2.24, 2.45) is 0 Å². The van der Waals surface area contributed by atoms with Gasteiger partial charge < -0.3 is 14.7 Å². The van der Waals surface area contributed by atoms with E-state index < -0.39 is 6.10 Å². The van der Waals surface area contributed by atoms with E-state index in [1.807, 2.05) is 52.5 Å². The summed E-state index contributed by atoms with van der Waals surface area (Å²) in [6, 6.07) is 11.5. The lowest BCUT2D eigenvalue weighted by Gasteiger charge is -2.12. The van der Waals surface area contributed by atoms with Crippen LogP contribution in [0.4, 0.5) is 0 Å². The number of hydrogen-bond acceptors (Lipinski definition) is 4. The van der Waals surface area contributed by atoms with E-state index in [1.54, 1.807) is 10.8 Å². The van der Waals surface area contributed by atoms with Crippen LogP contribution in [-0.2, 0) is 13.1 Å². The molecule has 0 aliphatic rings. The van der Waals surface area contributed by atoms with Crippen molar-refractivity contribution in [1.82, 2.24) is 19.1 Å². The Morgan fingerprint density at radius 3 is 2.92 bits per heavy atom. The van der Waals surface area contributed by atoms with Crippen LogP contribution in [0.2, 0.25) is 0 Å². The lowest BCUT2D eigenvalue weighted by atomic mass is 10.2. The summed E-state index contributed by atoms with van der Waals surface area (Å²) in [5.74, 6) is 0.633. The van der Waals surface area contributed by atoms with Crippen LogP contribution >= 0.6 is 11.3 Å². The van der Waals surface area contributed by atoms with E-state index in [4.69, 9.17) is 0 Å². The molecule has 3 aromatic heterocycles. The molecule has 1 unspecified atom stereocenters. The van der Waals surface area contributed by atoms with E-state index >= 15 is 0 Å². The smallest absolute Gasteiger partial charge is 0.326 e. The third-order valence-electron chi connectivity index (χ3n) is 4.27. The summed E-state index contributed by atoms with van der Waals surface area (Å²) in [6.07, 6.45) is 3.61. The number of aromatic nitrogens is 4. The van der Waals surface area contributed by atoms with Crippen LogP contribution in [0.1, 0.15) is 23.2 Å². The molecule has 0 bridgehead atoms. The van der Waals surface area contributed by atoms with Crippen LogP contribution in [0.25, 0.3) is 11.0 Å². The average Bonchev–Trinajstić information content (AvgIpc) is 3.35. The zero-order valence-corrected chi connectivity index (χ0v) is 14.3. The molecule has 1 aromatic carbocycles. The van der Waals surface area contributed by atoms with Crippen LogP contribution in [0.5, 0.6) is 0 Å². The van der Waals surface area contributed by atoms with Gasteiger partial charge in [0.15, 0.2) is 0 Å². The second kappa shape index (κ2) is 6.70. The first-order valence-electron chi connectivity index (χ1n) is 8.14. The first-order chi connectivity index (χ1) is 12.2. The van der Waals surface area contributed by atoms with Gasteiger partial charge in [0, 0.05) is 30.4 Å². The second-order valence-electron chi connectivity index (χ2n) is 5.85. The lowest BCUT2D eigenvalue weighted by molar-refractivity contribution is 0.207. The zero-order valence-electron chi connectivity index (χ0n) is 13.5. The highest BCUT2D eigenvalue weighted by molar-refractivity contribution is 7.10. The molecule has 2 N–H and O–H groups in total. The van der Waals surface area contributed by atoms with Gasteiger partial charge in [-0.05, 0) is 30.0 Å². The molecule has 0 saturated carbocycles. The van der Waals surface area contributed by atoms with Gasteiger partial charge in [-0.3, -0.25) is 4.57 Å². The number of rotatable bonds is 6. The Morgan fingerprint density at radius 2 is 2.08 bits per heavy atom. The van der Waals surface area contributed by atoms with Gasteiger partial charge in [-0.25, -0.2) is 9.78 Å². The Morgan fingerprint density at radius 1 is 1.20 bits per heavy atom. The SMILES string of the molecule is O=c1[nH]c2ccccc2n1CCCn1ccnc1C(O)c1cccs1. The molecule has 128 valence electrons. The number of benzene rings is 1. The van der Waals surface area contributed by atoms with Crippen molar-refractivity contribution in [1.29, 1.82) is 0 Å². The minimum absolute atomic E-state index is 0.0920. The number of aromatic amines is 1. The number of thiophene rings is 1. The van der Waals surface area contributed by atoms with Gasteiger partial charge in [0.25, 0.3) is 0 Å². The molecule has 4 aromatic rings. The van der Waals surface area contributed by atoms with Crippen LogP contribution in [0.3, 0.4) is 0 Å². The van der Waals surface area contributed by atoms with Crippen molar-refractivity contribution in [3.63, 3.8) is 0 Å². The summed E-state index contributed by atoms with van der Waals surface area (Å²) >= 11 is 1.51. The summed E-state index contributed by atoms with van der Waals surface area (Å²) in [6.45, 7) is 1.29. The number of fused-ring (bicyclic) bond motifs is 1. The highest BCUT2D eigenvalue weighted by Gasteiger charge is 2.17. The number of aliphatic hydroxyl groups is 1. The Hall–Kier alpha value is -2.64. The molecule has 0 aliphatic carbocycles. The number of aliphatic hydroxyl groups excluding tert-OH is 1. The Labute approximate surface area is 148 Å². The maximum atomic E-state index is 12.1. The fourth-order valence-electron chi connectivity index (χ4n) is 3.06. The Bertz CT molecular complexity index is 1030. The highest BCUT2D eigenvalue weighted by Crippen LogP contribution is 2.24. The van der Waals surface area contributed by atoms with E-state index in [2.05, 4.69) is 9.97 Å². The van der Waals surface area contributed by atoms with Gasteiger partial charge in [-0.1, -0.05) is 18.2 Å². The summed E-state index contributed by atoms with van der Waals surface area (Å²) in [5.41, 5.74) is 1.67. The number of nitrogens with zero attached hydrogens (tertiary/aromatic N) is 3. The van der Waals surface area contributed by atoms with Crippen LogP contribution < -0.4 is 5.69 Å². The first kappa shape index (κ1) is 15.9. The lowest BCUT2D eigenvalue weighted by Crippen LogP contribution is -2.18. The molecule has 6 nitrogen and oxygen atoms in total. The van der Waals surface area contributed by atoms with Gasteiger partial charge >= 0.3 is 5.69 Å². The monoisotopic (exact) mass is 354 g/mol. The molecule has 0 fully saturated rings. The standard InChI is InChI=1S/C18H18N4O2S/c23-16(15-7-3-12-25-15)17-19-8-11-21(17)9-4-10-22-14-6-2-1-5-13(14)20-18(22)24/h1-3,5-8,11-12,16,23H,4,9-10H2,(H,20,24). The average molecular weight is 354 g/mol. The Kier molecular flexibility index (Phi) is 4.25. The predicted octanol–water partition coefficient (Wildman–Crippen LogP) is 2.76. The largest absolute Gasteiger partial charge is 0.380 e. The normalized spacial score (nSPS) is 12.7. The first-order valence-corrected chi connectivity index (χ1v) is 9.02. The predicted molar refractivity (Wildman–Crippen MR) is 97.8 cm³/mol. The van der Waals surface area contributed by atoms with Crippen molar-refractivity contribution in [3.8, 4) is 0 Å². The molecule has 0 aliphatic heterocycles. The highest BCUT2D eigenvalue weighted by atomic mass is 32.1. The molecule has 0 amide bonds. The number of aryl methyl sites for hydroxylation is 2. The van der Waals surface area contributed by atoms with E-state index in [0.29, 0.717) is 18.9 Å². The molecule has 7 heteroatoms. The van der Waals surface area contributed by atoms with Crippen molar-refractivity contribution < 1.29 is 5.11 Å². The van der Waals surface area contributed by atoms with Crippen LogP contribution in [-0.4, -0.2) is 24.2 Å². The Balaban J connectivity index is 1.48. The molecule has 1 atom stereocenters. The molecule has 3 heterocycles. The zero-order chi connectivity index (χ0) is 17.2. The second-order valence-corrected chi connectivity index (χ2v) is 6.83. The summed E-state index contributed by atoms with van der Waals surface area (Å²) < 4.78 is 3.70. The maximum absolute atomic E-state index is 12.1. The number of H-pyrrole nitrogens is 1. The van der Waals surface area contributed by atoms with Crippen molar-refractivity contribution >= 4 is 22.4 Å². The molecule has 25 heavy (non-hydrogen) atoms. The fraction of sp³-hybridized carbons (Fsp3) is 0.222. The van der Waals surface area contributed by atoms with Crippen molar-refractivity contribution in [2.45, 2.75) is 25.6 Å². The van der Waals surface area contributed by atoms with Gasteiger partial charge in [0.1, 0.15) is 11.9 Å². The van der Waals surface area contributed by atoms with Crippen LogP contribution in [0, 0.1) is 0 Å². The van der Waals surface area contributed by atoms with Gasteiger partial charge in [0.2, 0.25) is 0 Å². The third-order valence-corrected chi connectivity index (χ3v) is 5.19. The molecule has 0 saturated heterocycles. The minimum Gasteiger partial charge on any atom is -0.380 e. The van der Waals surface area contributed by atoms with E-state index in [1.165, 1.54) is 11.3 Å². The molecular weight excluding hydrogens is 336 g/mol. The molecular formula is C18H18N4O2S. The summed E-state index contributed by atoms with van der Waals surface area (Å²) in [4.78, 5) is 20.2. The topological polar surface area (TPSA) is 75.8 Å². The summed E-state index contributed by atoms with van der Waals surface area (Å²) in [7, 11) is 0. The fourth-order valence-corrected chi connectivity index (χ4v) is 3.77. The van der Waals surface area contributed by atoms with Crippen LogP contribution in [0.15, 0.2) is 59.0 Å². The number of para-hydroxylation sites is 2. The van der Waals surface area contributed by atoms with E-state index in [0.717, 1.165) is 22.3 Å². The van der Waals surface area contributed by atoms with Crippen molar-refractivity contribution in [2.75, 3.05) is 0 Å². The van der Waals surface area contributed by atoms with E-state index in [-0.39, 0.29) is 5.69 Å². The molecule has 4 rings (SSSR count). The minimum atomic E-state index is -0.717. The maximum Gasteiger partial charge on any atom is 0.326 e. The van der Waals surface area contributed by atoms with Crippen molar-refractivity contribution in [3.05, 3.63) is 75.4 Å². The molecule has 0 radical (unpaired) electrons. The molecule has 0 spiro atoms. The quantitative estimate of drug-likeness (QED) is 0.559. The van der Waals surface area contributed by atoms with Gasteiger partial charge in [-0.2, -0.15) is 0 Å². The number of nitrogens with one attached hydrogen (secondary N) is 1.